The Hall–Kier alpha value is -3.76. The molecule has 1 saturated carbocycles. The van der Waals surface area contributed by atoms with Crippen LogP contribution in [-0.4, -0.2) is 65.0 Å². The minimum Gasteiger partial charge on any atom is -0.468 e. The van der Waals surface area contributed by atoms with Gasteiger partial charge in [0, 0.05) is 18.6 Å². The molecule has 1 aromatic carbocycles. The second-order valence-corrected chi connectivity index (χ2v) is 10.6. The Kier molecular flexibility index (Phi) is 14.0. The van der Waals surface area contributed by atoms with Crippen LogP contribution < -0.4 is 0 Å². The van der Waals surface area contributed by atoms with Gasteiger partial charge in [-0.05, 0) is 65.0 Å². The molecule has 0 aromatic heterocycles. The van der Waals surface area contributed by atoms with Crippen LogP contribution in [0.3, 0.4) is 0 Å². The molecule has 1 aliphatic carbocycles. The van der Waals surface area contributed by atoms with E-state index in [0.29, 0.717) is 13.1 Å². The molecule has 1 saturated heterocycles. The Bertz CT molecular complexity index is 1020. The number of Topliss-reactive ketones (excluding diaryl/α,β-unsaturated/α-hetero) is 1. The molecule has 11 nitrogen and oxygen atoms in total. The van der Waals surface area contributed by atoms with Crippen LogP contribution in [0.15, 0.2) is 36.9 Å². The molecule has 0 spiro atoms. The van der Waals surface area contributed by atoms with E-state index in [1.54, 1.807) is 27.7 Å². The van der Waals surface area contributed by atoms with Crippen LogP contribution in [0.25, 0.3) is 0 Å². The number of non-ortho nitro benzene ring substituents is 1. The third-order valence-corrected chi connectivity index (χ3v) is 6.12. The van der Waals surface area contributed by atoms with Crippen molar-refractivity contribution in [1.29, 1.82) is 0 Å². The molecule has 2 fully saturated rings. The third kappa shape index (κ3) is 12.0. The SMILES string of the molecule is C=C[C@@H]1CC1CCC.CC(=O)[C@@H]1CC(OC(=O)c2ccc([N+](=O)[O-])cc2)CN1C(=O)OC(C)(C)C.CCOC=O. The smallest absolute Gasteiger partial charge is 0.411 e. The first-order chi connectivity index (χ1) is 18.8. The Morgan fingerprint density at radius 3 is 2.17 bits per heavy atom. The summed E-state index contributed by atoms with van der Waals surface area (Å²) in [6.07, 6.45) is 5.13. The number of ketones is 1. The summed E-state index contributed by atoms with van der Waals surface area (Å²) in [5.74, 6) is 0.991. The summed E-state index contributed by atoms with van der Waals surface area (Å²) in [5.41, 5.74) is -0.706. The minimum absolute atomic E-state index is 0.0396. The topological polar surface area (TPSA) is 142 Å². The summed E-state index contributed by atoms with van der Waals surface area (Å²) < 4.78 is 14.8. The molecule has 222 valence electrons. The molecule has 0 N–H and O–H groups in total. The Morgan fingerprint density at radius 1 is 1.15 bits per heavy atom. The van der Waals surface area contributed by atoms with Crippen molar-refractivity contribution < 1.29 is 38.3 Å². The first-order valence-corrected chi connectivity index (χ1v) is 13.4. The van der Waals surface area contributed by atoms with Crippen LogP contribution in [0, 0.1) is 22.0 Å². The molecule has 1 amide bonds. The van der Waals surface area contributed by atoms with Gasteiger partial charge in [-0.25, -0.2) is 9.59 Å². The van der Waals surface area contributed by atoms with Crippen LogP contribution in [0.4, 0.5) is 10.5 Å². The number of hydrogen-bond acceptors (Lipinski definition) is 9. The van der Waals surface area contributed by atoms with Crippen molar-refractivity contribution in [3.63, 3.8) is 0 Å². The highest BCUT2D eigenvalue weighted by molar-refractivity contribution is 5.90. The average Bonchev–Trinajstić information content (AvgIpc) is 3.50. The minimum atomic E-state index is -0.727. The fraction of sp³-hybridized carbons (Fsp3) is 0.586. The number of hydrogen-bond donors (Lipinski definition) is 0. The van der Waals surface area contributed by atoms with Gasteiger partial charge in [0.05, 0.1) is 29.7 Å². The van der Waals surface area contributed by atoms with Crippen LogP contribution in [0.5, 0.6) is 0 Å². The zero-order valence-electron chi connectivity index (χ0n) is 24.3. The number of ether oxygens (including phenoxy) is 3. The van der Waals surface area contributed by atoms with E-state index in [1.807, 2.05) is 0 Å². The van der Waals surface area contributed by atoms with Crippen LogP contribution >= 0.6 is 0 Å². The van der Waals surface area contributed by atoms with Crippen molar-refractivity contribution in [2.24, 2.45) is 11.8 Å². The highest BCUT2D eigenvalue weighted by Gasteiger charge is 2.41. The van der Waals surface area contributed by atoms with Crippen molar-refractivity contribution in [3.8, 4) is 0 Å². The summed E-state index contributed by atoms with van der Waals surface area (Å²) in [4.78, 5) is 57.0. The maximum atomic E-state index is 12.3. The van der Waals surface area contributed by atoms with Gasteiger partial charge in [-0.15, -0.1) is 6.58 Å². The van der Waals surface area contributed by atoms with Crippen molar-refractivity contribution in [2.45, 2.75) is 85.0 Å². The van der Waals surface area contributed by atoms with Gasteiger partial charge in [-0.2, -0.15) is 0 Å². The van der Waals surface area contributed by atoms with E-state index in [4.69, 9.17) is 9.47 Å². The Morgan fingerprint density at radius 2 is 1.77 bits per heavy atom. The standard InChI is InChI=1S/C18H22N2O7.C8H14.C3H6O2/c1-11(21)15-9-14(10-19(15)17(23)27-18(2,3)4)26-16(22)12-5-7-13(8-6-12)20(24)25;1-3-5-8-6-7(8)4-2;1-2-5-3-4/h5-8,14-15H,9-10H2,1-4H3;4,7-8H,2-3,5-6H2,1H3;3H,2H2,1H3/t14?,15-;7-,8?;/m01./s1. The van der Waals surface area contributed by atoms with Gasteiger partial charge in [-0.1, -0.05) is 25.8 Å². The van der Waals surface area contributed by atoms with Gasteiger partial charge in [0.25, 0.3) is 12.2 Å². The first kappa shape index (κ1) is 34.3. The summed E-state index contributed by atoms with van der Waals surface area (Å²) in [6.45, 7) is 15.2. The molecule has 40 heavy (non-hydrogen) atoms. The van der Waals surface area contributed by atoms with Crippen molar-refractivity contribution >= 4 is 30.0 Å². The number of nitro groups is 1. The molecule has 11 heteroatoms. The molecule has 3 rings (SSSR count). The van der Waals surface area contributed by atoms with E-state index < -0.39 is 34.7 Å². The lowest BCUT2D eigenvalue weighted by molar-refractivity contribution is -0.384. The van der Waals surface area contributed by atoms with Crippen molar-refractivity contribution in [1.82, 2.24) is 4.90 Å². The molecule has 0 radical (unpaired) electrons. The Balaban J connectivity index is 0.000000504. The highest BCUT2D eigenvalue weighted by atomic mass is 16.6. The fourth-order valence-electron chi connectivity index (χ4n) is 4.06. The molecular formula is C29H42N2O9. The lowest BCUT2D eigenvalue weighted by Crippen LogP contribution is -2.43. The van der Waals surface area contributed by atoms with E-state index in [-0.39, 0.29) is 30.0 Å². The average molecular weight is 563 g/mol. The lowest BCUT2D eigenvalue weighted by atomic mass is 10.1. The molecule has 0 bridgehead atoms. The predicted octanol–water partition coefficient (Wildman–Crippen LogP) is 5.51. The van der Waals surface area contributed by atoms with Crippen molar-refractivity contribution in [2.75, 3.05) is 13.2 Å². The number of carbonyl (C=O) groups excluding carboxylic acids is 4. The maximum absolute atomic E-state index is 12.3. The van der Waals surface area contributed by atoms with E-state index in [2.05, 4.69) is 24.3 Å². The molecule has 1 heterocycles. The molecule has 1 aliphatic heterocycles. The quantitative estimate of drug-likeness (QED) is 0.0951. The monoisotopic (exact) mass is 562 g/mol. The fourth-order valence-corrected chi connectivity index (χ4v) is 4.06. The van der Waals surface area contributed by atoms with Gasteiger partial charge in [0.2, 0.25) is 0 Å². The normalized spacial score (nSPS) is 20.9. The zero-order valence-corrected chi connectivity index (χ0v) is 24.3. The zero-order chi connectivity index (χ0) is 30.5. The third-order valence-electron chi connectivity index (χ3n) is 6.12. The first-order valence-electron chi connectivity index (χ1n) is 13.4. The summed E-state index contributed by atoms with van der Waals surface area (Å²) in [7, 11) is 0. The molecular weight excluding hydrogens is 520 g/mol. The number of amides is 1. The molecule has 2 aliphatic rings. The van der Waals surface area contributed by atoms with Crippen LogP contribution in [0.1, 0.15) is 77.6 Å². The molecule has 2 unspecified atom stereocenters. The second kappa shape index (κ2) is 16.4. The number of benzene rings is 1. The van der Waals surface area contributed by atoms with E-state index in [9.17, 15) is 29.3 Å². The van der Waals surface area contributed by atoms with Gasteiger partial charge < -0.3 is 14.2 Å². The second-order valence-electron chi connectivity index (χ2n) is 10.6. The van der Waals surface area contributed by atoms with Crippen LogP contribution in [-0.2, 0) is 23.8 Å². The number of carbonyl (C=O) groups is 4. The summed E-state index contributed by atoms with van der Waals surface area (Å²) in [6, 6.07) is 4.27. The number of nitrogens with zero attached hydrogens (tertiary/aromatic N) is 2. The largest absolute Gasteiger partial charge is 0.468 e. The van der Waals surface area contributed by atoms with Gasteiger partial charge >= 0.3 is 12.1 Å². The van der Waals surface area contributed by atoms with Gasteiger partial charge in [0.1, 0.15) is 11.7 Å². The Labute approximate surface area is 236 Å². The molecule has 1 aromatic rings. The highest BCUT2D eigenvalue weighted by Crippen LogP contribution is 2.42. The predicted molar refractivity (Wildman–Crippen MR) is 149 cm³/mol. The molecule has 4 atom stereocenters. The number of allylic oxidation sites excluding steroid dienone is 1. The van der Waals surface area contributed by atoms with E-state index >= 15 is 0 Å². The van der Waals surface area contributed by atoms with Gasteiger partial charge in [0.15, 0.2) is 5.78 Å². The van der Waals surface area contributed by atoms with E-state index in [1.165, 1.54) is 55.4 Å². The maximum Gasteiger partial charge on any atom is 0.411 e. The number of likely N-dealkylation sites (tertiary alicyclic amines) is 1. The summed E-state index contributed by atoms with van der Waals surface area (Å²) >= 11 is 0. The van der Waals surface area contributed by atoms with Gasteiger partial charge in [-0.3, -0.25) is 24.6 Å². The number of esters is 1. The number of rotatable bonds is 9. The van der Waals surface area contributed by atoms with E-state index in [0.717, 1.165) is 11.8 Å². The van der Waals surface area contributed by atoms with Crippen molar-refractivity contribution in [3.05, 3.63) is 52.6 Å². The number of nitro benzene ring substituents is 1. The summed E-state index contributed by atoms with van der Waals surface area (Å²) in [5, 5.41) is 10.7. The van der Waals surface area contributed by atoms with Crippen LogP contribution in [0.2, 0.25) is 0 Å². The lowest BCUT2D eigenvalue weighted by Gasteiger charge is -2.27.